The Morgan fingerprint density at radius 2 is 2.04 bits per heavy atom. The van der Waals surface area contributed by atoms with Gasteiger partial charge in [0.1, 0.15) is 6.54 Å². The van der Waals surface area contributed by atoms with Crippen LogP contribution in [0.2, 0.25) is 0 Å². The van der Waals surface area contributed by atoms with E-state index in [1.807, 2.05) is 29.2 Å². The molecule has 0 spiro atoms. The Kier molecular flexibility index (Phi) is 4.64. The van der Waals surface area contributed by atoms with E-state index in [2.05, 4.69) is 11.7 Å². The number of piperidine rings is 1. The van der Waals surface area contributed by atoms with Crippen LogP contribution in [0.3, 0.4) is 0 Å². The fraction of sp³-hybridized carbons (Fsp3) is 0.389. The van der Waals surface area contributed by atoms with E-state index in [0.29, 0.717) is 13.1 Å². The summed E-state index contributed by atoms with van der Waals surface area (Å²) in [5, 5.41) is 5.35. The molecule has 0 radical (unpaired) electrons. The Bertz CT molecular complexity index is 759. The Hall–Kier alpha value is -2.63. The molecule has 2 heterocycles. The van der Waals surface area contributed by atoms with Crippen molar-refractivity contribution in [1.29, 1.82) is 0 Å². The van der Waals surface area contributed by atoms with Gasteiger partial charge in [0.05, 0.1) is 11.7 Å². The molecule has 24 heavy (non-hydrogen) atoms. The highest BCUT2D eigenvalue weighted by Gasteiger charge is 2.26. The fourth-order valence-corrected chi connectivity index (χ4v) is 3.21. The molecule has 1 fully saturated rings. The minimum absolute atomic E-state index is 0.0669. The molecule has 1 aliphatic rings. The van der Waals surface area contributed by atoms with Crippen LogP contribution in [0.4, 0.5) is 0 Å². The Morgan fingerprint density at radius 3 is 2.75 bits per heavy atom. The highest BCUT2D eigenvalue weighted by atomic mass is 16.2. The summed E-state index contributed by atoms with van der Waals surface area (Å²) in [7, 11) is 1.79. The fourth-order valence-electron chi connectivity index (χ4n) is 3.21. The summed E-state index contributed by atoms with van der Waals surface area (Å²) < 4.78 is 1.75. The zero-order valence-electron chi connectivity index (χ0n) is 13.9. The Labute approximate surface area is 141 Å². The summed E-state index contributed by atoms with van der Waals surface area (Å²) in [6.45, 7) is 5.10. The lowest BCUT2D eigenvalue weighted by atomic mass is 10.0. The third kappa shape index (κ3) is 3.18. The molecule has 0 N–H and O–H groups in total. The van der Waals surface area contributed by atoms with Crippen LogP contribution in [-0.4, -0.2) is 57.6 Å². The molecule has 0 unspecified atom stereocenters. The number of amides is 2. The number of carbonyl (C=O) groups is 2. The van der Waals surface area contributed by atoms with Crippen LogP contribution in [0.15, 0.2) is 43.1 Å². The number of nitrogens with zero attached hydrogens (tertiary/aromatic N) is 4. The summed E-state index contributed by atoms with van der Waals surface area (Å²) in [5.41, 5.74) is 0.969. The summed E-state index contributed by atoms with van der Waals surface area (Å²) in [4.78, 5) is 27.8. The summed E-state index contributed by atoms with van der Waals surface area (Å²) in [6.07, 6.45) is 4.70. The Morgan fingerprint density at radius 1 is 1.33 bits per heavy atom. The lowest BCUT2D eigenvalue weighted by molar-refractivity contribution is -0.134. The average Bonchev–Trinajstić information content (AvgIpc) is 3.03. The van der Waals surface area contributed by atoms with Crippen LogP contribution < -0.4 is 0 Å². The maximum atomic E-state index is 12.5. The van der Waals surface area contributed by atoms with Gasteiger partial charge in [0, 0.05) is 31.6 Å². The predicted octanol–water partition coefficient (Wildman–Crippen LogP) is 1.67. The van der Waals surface area contributed by atoms with Gasteiger partial charge in [-0.2, -0.15) is 5.10 Å². The molecule has 1 aromatic heterocycles. The molecule has 126 valence electrons. The predicted molar refractivity (Wildman–Crippen MR) is 92.3 cm³/mol. The molecule has 1 aliphatic heterocycles. The highest BCUT2D eigenvalue weighted by molar-refractivity contribution is 5.87. The molecule has 2 aromatic rings. The van der Waals surface area contributed by atoms with Crippen molar-refractivity contribution in [1.82, 2.24) is 19.6 Å². The first kappa shape index (κ1) is 16.2. The number of benzene rings is 1. The largest absolute Gasteiger partial charge is 0.341 e. The van der Waals surface area contributed by atoms with E-state index < -0.39 is 0 Å². The van der Waals surface area contributed by atoms with E-state index in [-0.39, 0.29) is 24.4 Å². The van der Waals surface area contributed by atoms with Crippen molar-refractivity contribution in [2.75, 3.05) is 20.1 Å². The standard InChI is InChI=1S/C18H22N4O2/c1-3-17(23)20(2)15-8-10-21(11-9-15)18(24)13-22-16-7-5-4-6-14(16)12-19-22/h3-7,12,15H,1,8-11,13H2,2H3. The minimum Gasteiger partial charge on any atom is -0.341 e. The number of para-hydroxylation sites is 1. The number of likely N-dealkylation sites (N-methyl/N-ethyl adjacent to an activating group) is 1. The van der Waals surface area contributed by atoms with Gasteiger partial charge in [0.2, 0.25) is 11.8 Å². The van der Waals surface area contributed by atoms with E-state index >= 15 is 0 Å². The van der Waals surface area contributed by atoms with Gasteiger partial charge >= 0.3 is 0 Å². The molecule has 3 rings (SSSR count). The maximum Gasteiger partial charge on any atom is 0.245 e. The number of carbonyl (C=O) groups excluding carboxylic acids is 2. The zero-order chi connectivity index (χ0) is 17.1. The van der Waals surface area contributed by atoms with E-state index in [4.69, 9.17) is 0 Å². The lowest BCUT2D eigenvalue weighted by Crippen LogP contribution is -2.47. The van der Waals surface area contributed by atoms with Gasteiger partial charge in [-0.25, -0.2) is 0 Å². The number of hydrogen-bond acceptors (Lipinski definition) is 3. The second kappa shape index (κ2) is 6.86. The number of hydrogen-bond donors (Lipinski definition) is 0. The lowest BCUT2D eigenvalue weighted by Gasteiger charge is -2.36. The van der Waals surface area contributed by atoms with Crippen molar-refractivity contribution in [3.8, 4) is 0 Å². The third-order valence-corrected chi connectivity index (χ3v) is 4.72. The topological polar surface area (TPSA) is 58.4 Å². The quantitative estimate of drug-likeness (QED) is 0.803. The summed E-state index contributed by atoms with van der Waals surface area (Å²) in [6, 6.07) is 8.04. The molecule has 0 saturated carbocycles. The van der Waals surface area contributed by atoms with Gasteiger partial charge in [-0.05, 0) is 25.0 Å². The van der Waals surface area contributed by atoms with Gasteiger partial charge in [0.15, 0.2) is 0 Å². The van der Waals surface area contributed by atoms with Crippen LogP contribution in [-0.2, 0) is 16.1 Å². The van der Waals surface area contributed by atoms with Crippen molar-refractivity contribution in [2.24, 2.45) is 0 Å². The Balaban J connectivity index is 1.59. The van der Waals surface area contributed by atoms with Crippen molar-refractivity contribution in [2.45, 2.75) is 25.4 Å². The van der Waals surface area contributed by atoms with E-state index in [1.165, 1.54) is 6.08 Å². The van der Waals surface area contributed by atoms with Gasteiger partial charge in [-0.15, -0.1) is 0 Å². The summed E-state index contributed by atoms with van der Waals surface area (Å²) >= 11 is 0. The van der Waals surface area contributed by atoms with Crippen molar-refractivity contribution < 1.29 is 9.59 Å². The van der Waals surface area contributed by atoms with Crippen molar-refractivity contribution in [3.05, 3.63) is 43.1 Å². The zero-order valence-corrected chi connectivity index (χ0v) is 13.9. The molecule has 2 amide bonds. The molecule has 0 bridgehead atoms. The molecule has 6 heteroatoms. The molecule has 1 aromatic carbocycles. The first-order chi connectivity index (χ1) is 11.6. The van der Waals surface area contributed by atoms with Crippen molar-refractivity contribution >= 4 is 22.7 Å². The maximum absolute atomic E-state index is 12.5. The van der Waals surface area contributed by atoms with Crippen LogP contribution in [0, 0.1) is 0 Å². The van der Waals surface area contributed by atoms with Crippen LogP contribution >= 0.6 is 0 Å². The SMILES string of the molecule is C=CC(=O)N(C)C1CCN(C(=O)Cn2ncc3ccccc32)CC1. The normalized spacial score (nSPS) is 15.5. The first-order valence-corrected chi connectivity index (χ1v) is 8.17. The van der Waals surface area contributed by atoms with Gasteiger partial charge in [-0.1, -0.05) is 24.8 Å². The number of rotatable bonds is 4. The van der Waals surface area contributed by atoms with Gasteiger partial charge in [0.25, 0.3) is 0 Å². The number of likely N-dealkylation sites (tertiary alicyclic amines) is 1. The van der Waals surface area contributed by atoms with Gasteiger partial charge in [-0.3, -0.25) is 14.3 Å². The minimum atomic E-state index is -0.0669. The third-order valence-electron chi connectivity index (χ3n) is 4.72. The monoisotopic (exact) mass is 326 g/mol. The van der Waals surface area contributed by atoms with Gasteiger partial charge < -0.3 is 9.80 Å². The summed E-state index contributed by atoms with van der Waals surface area (Å²) in [5.74, 6) is 0.00258. The molecule has 6 nitrogen and oxygen atoms in total. The van der Waals surface area contributed by atoms with Crippen molar-refractivity contribution in [3.63, 3.8) is 0 Å². The smallest absolute Gasteiger partial charge is 0.245 e. The second-order valence-electron chi connectivity index (χ2n) is 6.13. The second-order valence-corrected chi connectivity index (χ2v) is 6.13. The van der Waals surface area contributed by atoms with E-state index in [1.54, 1.807) is 22.8 Å². The number of aromatic nitrogens is 2. The van der Waals surface area contributed by atoms with Crippen LogP contribution in [0.5, 0.6) is 0 Å². The molecule has 0 aliphatic carbocycles. The van der Waals surface area contributed by atoms with E-state index in [9.17, 15) is 9.59 Å². The van der Waals surface area contributed by atoms with E-state index in [0.717, 1.165) is 23.7 Å². The van der Waals surface area contributed by atoms with Crippen LogP contribution in [0.1, 0.15) is 12.8 Å². The molecule has 1 saturated heterocycles. The molecular formula is C18H22N4O2. The first-order valence-electron chi connectivity index (χ1n) is 8.17. The average molecular weight is 326 g/mol. The van der Waals surface area contributed by atoms with Crippen LogP contribution in [0.25, 0.3) is 10.9 Å². The molecular weight excluding hydrogens is 304 g/mol. The highest BCUT2D eigenvalue weighted by Crippen LogP contribution is 2.17. The molecule has 0 atom stereocenters. The number of fused-ring (bicyclic) bond motifs is 1.